The van der Waals surface area contributed by atoms with Crippen molar-refractivity contribution in [2.75, 3.05) is 13.1 Å². The highest BCUT2D eigenvalue weighted by atomic mass is 19.2. The lowest BCUT2D eigenvalue weighted by Crippen LogP contribution is -2.25. The summed E-state index contributed by atoms with van der Waals surface area (Å²) in [6.07, 6.45) is 5.23. The highest BCUT2D eigenvalue weighted by molar-refractivity contribution is 6.08. The number of hydrogen-bond donors (Lipinski definition) is 0. The van der Waals surface area contributed by atoms with Crippen LogP contribution in [-0.4, -0.2) is 27.1 Å². The molecule has 0 saturated carbocycles. The van der Waals surface area contributed by atoms with Crippen LogP contribution >= 0.6 is 0 Å². The first-order valence-electron chi connectivity index (χ1n) is 11.6. The zero-order chi connectivity index (χ0) is 24.9. The van der Waals surface area contributed by atoms with Crippen molar-refractivity contribution in [3.8, 4) is 28.0 Å². The molecule has 3 aromatic rings. The lowest BCUT2D eigenvalue weighted by molar-refractivity contribution is -0.000881. The molecule has 0 N–H and O–H groups in total. The maximum atomic E-state index is 15.0. The van der Waals surface area contributed by atoms with E-state index < -0.39 is 23.3 Å². The number of halogens is 4. The molecule has 1 fully saturated rings. The normalized spacial score (nSPS) is 17.8. The lowest BCUT2D eigenvalue weighted by Gasteiger charge is -2.29. The zero-order valence-corrected chi connectivity index (χ0v) is 19.2. The molecule has 0 amide bonds. The van der Waals surface area contributed by atoms with Crippen LogP contribution in [0, 0.1) is 23.3 Å². The number of benzene rings is 3. The fourth-order valence-electron chi connectivity index (χ4n) is 4.47. The van der Waals surface area contributed by atoms with Gasteiger partial charge in [0, 0.05) is 23.6 Å². The molecule has 1 aliphatic rings. The van der Waals surface area contributed by atoms with E-state index in [0.717, 1.165) is 25.7 Å². The molecule has 0 aromatic heterocycles. The average molecular weight is 480 g/mol. The van der Waals surface area contributed by atoms with E-state index in [1.165, 1.54) is 24.3 Å². The predicted octanol–water partition coefficient (Wildman–Crippen LogP) is 7.31. The Morgan fingerprint density at radius 2 is 1.49 bits per heavy atom. The molecule has 1 heterocycles. The van der Waals surface area contributed by atoms with E-state index in [0.29, 0.717) is 23.3 Å². The van der Waals surface area contributed by atoms with Gasteiger partial charge in [0.2, 0.25) is 5.82 Å². The molecular formula is C28H25BF4O2. The topological polar surface area (TPSA) is 18.5 Å². The van der Waals surface area contributed by atoms with Crippen LogP contribution in [0.3, 0.4) is 0 Å². The van der Waals surface area contributed by atoms with E-state index >= 15 is 8.78 Å². The Morgan fingerprint density at radius 3 is 2.06 bits per heavy atom. The smallest absolute Gasteiger partial charge is 0.201 e. The molecule has 2 nitrogen and oxygen atoms in total. The molecule has 1 aliphatic heterocycles. The predicted molar refractivity (Wildman–Crippen MR) is 130 cm³/mol. The summed E-state index contributed by atoms with van der Waals surface area (Å²) < 4.78 is 69.4. The lowest BCUT2D eigenvalue weighted by atomic mass is 9.88. The molecule has 35 heavy (non-hydrogen) atoms. The van der Waals surface area contributed by atoms with Crippen molar-refractivity contribution < 1.29 is 27.0 Å². The van der Waals surface area contributed by atoms with E-state index in [9.17, 15) is 8.78 Å². The summed E-state index contributed by atoms with van der Waals surface area (Å²) in [6.45, 7) is 3.78. The number of ether oxygens (including phenoxy) is 2. The van der Waals surface area contributed by atoms with Gasteiger partial charge in [0.1, 0.15) is 7.85 Å². The van der Waals surface area contributed by atoms with Crippen LogP contribution in [0.15, 0.2) is 61.2 Å². The first-order chi connectivity index (χ1) is 16.9. The third-order valence-corrected chi connectivity index (χ3v) is 6.41. The summed E-state index contributed by atoms with van der Waals surface area (Å²) in [6, 6.07) is 12.0. The summed E-state index contributed by atoms with van der Waals surface area (Å²) in [5, 5.41) is 0. The van der Waals surface area contributed by atoms with E-state index in [2.05, 4.69) is 6.58 Å². The van der Waals surface area contributed by atoms with Crippen LogP contribution in [0.5, 0.6) is 5.75 Å². The minimum atomic E-state index is -1.14. The summed E-state index contributed by atoms with van der Waals surface area (Å²) in [4.78, 5) is 0. The van der Waals surface area contributed by atoms with Crippen LogP contribution in [0.1, 0.15) is 37.2 Å². The van der Waals surface area contributed by atoms with Crippen LogP contribution in [-0.2, 0) is 4.74 Å². The largest absolute Gasteiger partial charge is 0.500 e. The van der Waals surface area contributed by atoms with E-state index in [1.807, 2.05) is 6.08 Å². The third-order valence-electron chi connectivity index (χ3n) is 6.41. The molecule has 3 aromatic carbocycles. The Bertz CT molecular complexity index is 1190. The summed E-state index contributed by atoms with van der Waals surface area (Å²) in [5.74, 6) is -4.52. The van der Waals surface area contributed by atoms with Gasteiger partial charge in [0.15, 0.2) is 23.2 Å². The molecule has 7 heteroatoms. The Morgan fingerprint density at radius 1 is 0.857 bits per heavy atom. The van der Waals surface area contributed by atoms with Gasteiger partial charge < -0.3 is 9.47 Å². The molecule has 0 spiro atoms. The molecule has 2 unspecified atom stereocenters. The van der Waals surface area contributed by atoms with Gasteiger partial charge in [-0.15, -0.1) is 6.58 Å². The molecule has 2 atom stereocenters. The number of rotatable bonds is 8. The van der Waals surface area contributed by atoms with Gasteiger partial charge in [0.25, 0.3) is 0 Å². The van der Waals surface area contributed by atoms with Crippen molar-refractivity contribution in [2.24, 2.45) is 0 Å². The van der Waals surface area contributed by atoms with Crippen LogP contribution in [0.25, 0.3) is 22.3 Å². The highest BCUT2D eigenvalue weighted by Gasteiger charge is 2.27. The van der Waals surface area contributed by atoms with Crippen molar-refractivity contribution in [1.29, 1.82) is 0 Å². The van der Waals surface area contributed by atoms with Gasteiger partial charge in [-0.05, 0) is 54.5 Å². The van der Waals surface area contributed by atoms with E-state index in [4.69, 9.17) is 17.3 Å². The van der Waals surface area contributed by atoms with Crippen molar-refractivity contribution in [1.82, 2.24) is 0 Å². The van der Waals surface area contributed by atoms with Gasteiger partial charge in [-0.25, -0.2) is 13.2 Å². The van der Waals surface area contributed by atoms with Gasteiger partial charge in [-0.3, -0.25) is 0 Å². The Hall–Kier alpha value is -3.06. The van der Waals surface area contributed by atoms with Crippen molar-refractivity contribution in [3.05, 3.63) is 90.0 Å². The van der Waals surface area contributed by atoms with E-state index in [1.54, 1.807) is 24.3 Å². The Kier molecular flexibility index (Phi) is 7.96. The fourth-order valence-corrected chi connectivity index (χ4v) is 4.47. The number of allylic oxidation sites excluding steroid dienone is 1. The molecule has 0 bridgehead atoms. The standard InChI is InChI=1S/C28H25BF4O2/c1-2-3-4-20-10-9-19(15-34-20)23-12-11-21(25(30)26(23)31)17-5-7-18(8-6-17)22-13-14-24(35-16-29)28(33)27(22)32/h2,5-8,11-14,19-20H,1,3-4,9-10,15-16H2. The average Bonchev–Trinajstić information content (AvgIpc) is 2.88. The molecular weight excluding hydrogens is 455 g/mol. The van der Waals surface area contributed by atoms with Crippen molar-refractivity contribution in [2.45, 2.75) is 37.7 Å². The molecule has 180 valence electrons. The second-order valence-electron chi connectivity index (χ2n) is 8.55. The third kappa shape index (κ3) is 5.30. The first-order valence-corrected chi connectivity index (χ1v) is 11.6. The molecule has 1 saturated heterocycles. The second-order valence-corrected chi connectivity index (χ2v) is 8.55. The quantitative estimate of drug-likeness (QED) is 0.191. The number of hydrogen-bond acceptors (Lipinski definition) is 2. The Balaban J connectivity index is 1.53. The first kappa shape index (κ1) is 25.1. The van der Waals surface area contributed by atoms with Gasteiger partial charge in [-0.2, -0.15) is 4.39 Å². The summed E-state index contributed by atoms with van der Waals surface area (Å²) in [7, 11) is 5.22. The summed E-state index contributed by atoms with van der Waals surface area (Å²) in [5.41, 5.74) is 1.22. The maximum Gasteiger partial charge on any atom is 0.201 e. The van der Waals surface area contributed by atoms with Crippen LogP contribution in [0.2, 0.25) is 0 Å². The van der Waals surface area contributed by atoms with E-state index in [-0.39, 0.29) is 35.4 Å². The van der Waals surface area contributed by atoms with Crippen LogP contribution < -0.4 is 4.74 Å². The van der Waals surface area contributed by atoms with Crippen molar-refractivity contribution >= 4 is 7.85 Å². The SMILES string of the molecule is [B]COc1ccc(-c2ccc(-c3ccc(C4CCC(CCC=C)OC4)c(F)c3F)cc2)c(F)c1F. The van der Waals surface area contributed by atoms with Gasteiger partial charge in [-0.1, -0.05) is 42.5 Å². The second kappa shape index (κ2) is 11.1. The maximum absolute atomic E-state index is 15.0. The fraction of sp³-hybridized carbons (Fsp3) is 0.286. The minimum Gasteiger partial charge on any atom is -0.500 e. The minimum absolute atomic E-state index is 0.0177. The molecule has 4 rings (SSSR count). The van der Waals surface area contributed by atoms with Gasteiger partial charge >= 0.3 is 0 Å². The zero-order valence-electron chi connectivity index (χ0n) is 19.2. The Labute approximate surface area is 204 Å². The van der Waals surface area contributed by atoms with Crippen molar-refractivity contribution in [3.63, 3.8) is 0 Å². The molecule has 2 radical (unpaired) electrons. The monoisotopic (exact) mass is 480 g/mol. The highest BCUT2D eigenvalue weighted by Crippen LogP contribution is 2.36. The van der Waals surface area contributed by atoms with Gasteiger partial charge in [0.05, 0.1) is 12.7 Å². The molecule has 0 aliphatic carbocycles. The van der Waals surface area contributed by atoms with Crippen LogP contribution in [0.4, 0.5) is 17.6 Å². The summed E-state index contributed by atoms with van der Waals surface area (Å²) >= 11 is 0.